The molecule has 0 aromatic carbocycles. The van der Waals surface area contributed by atoms with Gasteiger partial charge in [0.1, 0.15) is 5.60 Å². The minimum atomic E-state index is -0.443. The smallest absolute Gasteiger partial charge is 0.407 e. The highest BCUT2D eigenvalue weighted by Gasteiger charge is 2.29. The van der Waals surface area contributed by atoms with Crippen molar-refractivity contribution < 1.29 is 14.3 Å². The third-order valence-corrected chi connectivity index (χ3v) is 3.51. The fraction of sp³-hybridized carbons (Fsp3) is 0.938. The maximum atomic E-state index is 11.7. The summed E-state index contributed by atoms with van der Waals surface area (Å²) in [7, 11) is 0. The van der Waals surface area contributed by atoms with Gasteiger partial charge in [-0.2, -0.15) is 0 Å². The standard InChI is InChI=1S/C16H32N2O3/c1-7-20-16(5,6)11-17-12-8-9-13(10-12)18-14(19)21-15(2,3)4/h12-13,17H,7-11H2,1-6H3,(H,18,19). The number of carbonyl (C=O) groups excluding carboxylic acids is 1. The van der Waals surface area contributed by atoms with Gasteiger partial charge in [-0.15, -0.1) is 0 Å². The minimum absolute atomic E-state index is 0.147. The Kier molecular flexibility index (Phi) is 6.47. The largest absolute Gasteiger partial charge is 0.444 e. The molecule has 5 heteroatoms. The molecule has 0 aromatic heterocycles. The van der Waals surface area contributed by atoms with E-state index in [0.29, 0.717) is 6.04 Å². The van der Waals surface area contributed by atoms with Crippen LogP contribution in [-0.4, -0.2) is 42.5 Å². The van der Waals surface area contributed by atoms with Crippen molar-refractivity contribution in [1.29, 1.82) is 0 Å². The average Bonchev–Trinajstić information content (AvgIpc) is 2.71. The minimum Gasteiger partial charge on any atom is -0.444 e. The Balaban J connectivity index is 2.28. The molecular weight excluding hydrogens is 268 g/mol. The van der Waals surface area contributed by atoms with E-state index >= 15 is 0 Å². The molecule has 0 saturated heterocycles. The van der Waals surface area contributed by atoms with Gasteiger partial charge in [0.25, 0.3) is 0 Å². The molecule has 0 heterocycles. The summed E-state index contributed by atoms with van der Waals surface area (Å²) in [6.45, 7) is 13.4. The van der Waals surface area contributed by atoms with E-state index in [2.05, 4.69) is 24.5 Å². The van der Waals surface area contributed by atoms with Crippen LogP contribution in [0, 0.1) is 0 Å². The van der Waals surface area contributed by atoms with Gasteiger partial charge in [0.15, 0.2) is 0 Å². The molecule has 5 nitrogen and oxygen atoms in total. The topological polar surface area (TPSA) is 59.6 Å². The van der Waals surface area contributed by atoms with Crippen LogP contribution in [-0.2, 0) is 9.47 Å². The lowest BCUT2D eigenvalue weighted by Gasteiger charge is -2.27. The lowest BCUT2D eigenvalue weighted by Crippen LogP contribution is -2.43. The molecule has 2 N–H and O–H groups in total. The van der Waals surface area contributed by atoms with E-state index in [9.17, 15) is 4.79 Å². The zero-order chi connectivity index (χ0) is 16.1. The van der Waals surface area contributed by atoms with Crippen LogP contribution >= 0.6 is 0 Å². The third-order valence-electron chi connectivity index (χ3n) is 3.51. The lowest BCUT2D eigenvalue weighted by atomic mass is 10.1. The second-order valence-corrected chi connectivity index (χ2v) is 7.43. The molecule has 0 aromatic rings. The quantitative estimate of drug-likeness (QED) is 0.792. The Morgan fingerprint density at radius 3 is 2.33 bits per heavy atom. The molecule has 0 radical (unpaired) electrons. The molecular formula is C16H32N2O3. The SMILES string of the molecule is CCOC(C)(C)CNC1CCC(NC(=O)OC(C)(C)C)C1. The van der Waals surface area contributed by atoms with Crippen molar-refractivity contribution in [2.75, 3.05) is 13.2 Å². The predicted octanol–water partition coefficient (Wildman–Crippen LogP) is 2.84. The highest BCUT2D eigenvalue weighted by molar-refractivity contribution is 5.68. The zero-order valence-electron chi connectivity index (χ0n) is 14.4. The maximum absolute atomic E-state index is 11.7. The monoisotopic (exact) mass is 300 g/mol. The molecule has 0 bridgehead atoms. The molecule has 2 atom stereocenters. The first-order valence-electron chi connectivity index (χ1n) is 7.98. The van der Waals surface area contributed by atoms with Crippen LogP contribution in [0.5, 0.6) is 0 Å². The number of nitrogens with one attached hydrogen (secondary N) is 2. The van der Waals surface area contributed by atoms with Crippen molar-refractivity contribution in [3.8, 4) is 0 Å². The summed E-state index contributed by atoms with van der Waals surface area (Å²) in [6.07, 6.45) is 2.69. The maximum Gasteiger partial charge on any atom is 0.407 e. The molecule has 1 aliphatic rings. The van der Waals surface area contributed by atoms with Crippen molar-refractivity contribution in [3.05, 3.63) is 0 Å². The number of hydrogen-bond donors (Lipinski definition) is 2. The van der Waals surface area contributed by atoms with Crippen LogP contribution in [0.15, 0.2) is 0 Å². The molecule has 1 aliphatic carbocycles. The molecule has 0 spiro atoms. The van der Waals surface area contributed by atoms with Gasteiger partial charge in [0.05, 0.1) is 5.60 Å². The van der Waals surface area contributed by atoms with Crippen LogP contribution in [0.1, 0.15) is 60.8 Å². The van der Waals surface area contributed by atoms with E-state index in [1.807, 2.05) is 27.7 Å². The highest BCUT2D eigenvalue weighted by atomic mass is 16.6. The van der Waals surface area contributed by atoms with Gasteiger partial charge >= 0.3 is 6.09 Å². The molecule has 2 unspecified atom stereocenters. The van der Waals surface area contributed by atoms with Gasteiger partial charge < -0.3 is 20.1 Å². The highest BCUT2D eigenvalue weighted by Crippen LogP contribution is 2.20. The molecule has 124 valence electrons. The number of carbonyl (C=O) groups is 1. The van der Waals surface area contributed by atoms with E-state index < -0.39 is 5.60 Å². The van der Waals surface area contributed by atoms with Crippen LogP contribution in [0.3, 0.4) is 0 Å². The summed E-state index contributed by atoms with van der Waals surface area (Å²) in [5, 5.41) is 6.50. The summed E-state index contributed by atoms with van der Waals surface area (Å²) in [5.41, 5.74) is -0.590. The van der Waals surface area contributed by atoms with Crippen molar-refractivity contribution >= 4 is 6.09 Å². The zero-order valence-corrected chi connectivity index (χ0v) is 14.4. The van der Waals surface area contributed by atoms with E-state index in [-0.39, 0.29) is 17.7 Å². The second-order valence-electron chi connectivity index (χ2n) is 7.43. The normalized spacial score (nSPS) is 23.1. The molecule has 21 heavy (non-hydrogen) atoms. The predicted molar refractivity (Wildman–Crippen MR) is 84.5 cm³/mol. The summed E-state index contributed by atoms with van der Waals surface area (Å²) in [5.74, 6) is 0. The first-order valence-corrected chi connectivity index (χ1v) is 7.98. The second kappa shape index (κ2) is 7.45. The van der Waals surface area contributed by atoms with Gasteiger partial charge in [0.2, 0.25) is 0 Å². The van der Waals surface area contributed by atoms with E-state index in [1.54, 1.807) is 0 Å². The van der Waals surface area contributed by atoms with E-state index in [4.69, 9.17) is 9.47 Å². The number of ether oxygens (including phenoxy) is 2. The van der Waals surface area contributed by atoms with Crippen LogP contribution < -0.4 is 10.6 Å². The van der Waals surface area contributed by atoms with Crippen molar-refractivity contribution in [3.63, 3.8) is 0 Å². The number of rotatable bonds is 6. The Morgan fingerprint density at radius 1 is 1.14 bits per heavy atom. The molecule has 1 fully saturated rings. The fourth-order valence-corrected chi connectivity index (χ4v) is 2.60. The van der Waals surface area contributed by atoms with Gasteiger partial charge in [-0.1, -0.05) is 0 Å². The number of hydrogen-bond acceptors (Lipinski definition) is 4. The lowest BCUT2D eigenvalue weighted by molar-refractivity contribution is -0.0105. The average molecular weight is 300 g/mol. The summed E-state index contributed by atoms with van der Waals surface area (Å²) in [4.78, 5) is 11.7. The Labute approximate surface area is 129 Å². The van der Waals surface area contributed by atoms with Crippen molar-refractivity contribution in [2.24, 2.45) is 0 Å². The summed E-state index contributed by atoms with van der Waals surface area (Å²) < 4.78 is 11.0. The first-order chi connectivity index (χ1) is 9.61. The summed E-state index contributed by atoms with van der Waals surface area (Å²) in [6, 6.07) is 0.636. The van der Waals surface area contributed by atoms with E-state index in [1.165, 1.54) is 0 Å². The molecule has 0 aliphatic heterocycles. The summed E-state index contributed by atoms with van der Waals surface area (Å²) >= 11 is 0. The molecule has 1 amide bonds. The van der Waals surface area contributed by atoms with Gasteiger partial charge in [-0.25, -0.2) is 4.79 Å². The van der Waals surface area contributed by atoms with Crippen LogP contribution in [0.2, 0.25) is 0 Å². The van der Waals surface area contributed by atoms with Crippen LogP contribution in [0.4, 0.5) is 4.79 Å². The number of alkyl carbamates (subject to hydrolysis) is 1. The van der Waals surface area contributed by atoms with E-state index in [0.717, 1.165) is 32.4 Å². The first kappa shape index (κ1) is 18.2. The third kappa shape index (κ3) is 7.67. The molecule has 1 rings (SSSR count). The Bertz CT molecular complexity index is 337. The Morgan fingerprint density at radius 2 is 1.76 bits per heavy atom. The van der Waals surface area contributed by atoms with Gasteiger partial charge in [0, 0.05) is 25.2 Å². The number of amides is 1. The van der Waals surface area contributed by atoms with Gasteiger partial charge in [-0.3, -0.25) is 0 Å². The van der Waals surface area contributed by atoms with Crippen LogP contribution in [0.25, 0.3) is 0 Å². The Hall–Kier alpha value is -0.810. The van der Waals surface area contributed by atoms with Gasteiger partial charge in [-0.05, 0) is 60.8 Å². The van der Waals surface area contributed by atoms with Crippen molar-refractivity contribution in [2.45, 2.75) is 84.1 Å². The van der Waals surface area contributed by atoms with Crippen molar-refractivity contribution in [1.82, 2.24) is 10.6 Å². The fourth-order valence-electron chi connectivity index (χ4n) is 2.60. The molecule has 1 saturated carbocycles.